The van der Waals surface area contributed by atoms with Gasteiger partial charge in [0, 0.05) is 38.2 Å². The summed E-state index contributed by atoms with van der Waals surface area (Å²) in [6, 6.07) is 8.42. The molecule has 0 fully saturated rings. The lowest BCUT2D eigenvalue weighted by atomic mass is 10.1. The third kappa shape index (κ3) is 4.62. The summed E-state index contributed by atoms with van der Waals surface area (Å²) < 4.78 is 12.6. The van der Waals surface area contributed by atoms with Gasteiger partial charge < -0.3 is 19.4 Å². The fourth-order valence-electron chi connectivity index (χ4n) is 2.33. The van der Waals surface area contributed by atoms with E-state index in [0.29, 0.717) is 0 Å². The zero-order valence-corrected chi connectivity index (χ0v) is 13.1. The fourth-order valence-corrected chi connectivity index (χ4v) is 2.33. The summed E-state index contributed by atoms with van der Waals surface area (Å²) in [6.45, 7) is 5.39. The molecule has 0 atom stereocenters. The Morgan fingerprint density at radius 2 is 2.05 bits per heavy atom. The number of aromatic nitrogens is 1. The number of ether oxygens (including phenoxy) is 2. The fraction of sp³-hybridized carbons (Fsp3) is 0.412. The van der Waals surface area contributed by atoms with Crippen LogP contribution in [0.5, 0.6) is 5.75 Å². The first kappa shape index (κ1) is 15.6. The van der Waals surface area contributed by atoms with E-state index in [1.165, 1.54) is 16.7 Å². The van der Waals surface area contributed by atoms with Gasteiger partial charge in [0.15, 0.2) is 0 Å². The monoisotopic (exact) mass is 288 g/mol. The summed E-state index contributed by atoms with van der Waals surface area (Å²) in [5.41, 5.74) is 3.73. The van der Waals surface area contributed by atoms with E-state index in [9.17, 15) is 0 Å². The first-order chi connectivity index (χ1) is 10.2. The van der Waals surface area contributed by atoms with Gasteiger partial charge in [0.1, 0.15) is 5.75 Å². The molecule has 1 aromatic heterocycles. The second-order valence-corrected chi connectivity index (χ2v) is 5.18. The number of hydrogen-bond acceptors (Lipinski definition) is 3. The van der Waals surface area contributed by atoms with Gasteiger partial charge in [-0.15, -0.1) is 0 Å². The first-order valence-corrected chi connectivity index (χ1v) is 7.20. The van der Waals surface area contributed by atoms with Gasteiger partial charge in [0.05, 0.1) is 20.3 Å². The molecule has 0 radical (unpaired) electrons. The molecule has 0 saturated carbocycles. The van der Waals surface area contributed by atoms with E-state index in [1.807, 2.05) is 6.07 Å². The molecule has 0 spiro atoms. The predicted molar refractivity (Wildman–Crippen MR) is 84.8 cm³/mol. The number of methoxy groups -OCH3 is 2. The van der Waals surface area contributed by atoms with Crippen LogP contribution in [-0.2, 0) is 17.8 Å². The lowest BCUT2D eigenvalue weighted by molar-refractivity contribution is 0.199. The third-order valence-electron chi connectivity index (χ3n) is 3.41. The van der Waals surface area contributed by atoms with E-state index < -0.39 is 0 Å². The van der Waals surface area contributed by atoms with Crippen molar-refractivity contribution < 1.29 is 9.47 Å². The van der Waals surface area contributed by atoms with E-state index >= 15 is 0 Å². The highest BCUT2D eigenvalue weighted by Gasteiger charge is 2.05. The molecule has 0 saturated heterocycles. The van der Waals surface area contributed by atoms with Crippen LogP contribution in [0.4, 0.5) is 0 Å². The van der Waals surface area contributed by atoms with Crippen molar-refractivity contribution in [1.82, 2.24) is 9.88 Å². The lowest BCUT2D eigenvalue weighted by Crippen LogP contribution is -2.18. The Hall–Kier alpha value is -1.78. The number of hydrogen-bond donors (Lipinski definition) is 1. The molecule has 4 nitrogen and oxygen atoms in total. The molecule has 114 valence electrons. The van der Waals surface area contributed by atoms with Crippen LogP contribution in [0.1, 0.15) is 16.7 Å². The van der Waals surface area contributed by atoms with Crippen LogP contribution in [-0.4, -0.2) is 31.9 Å². The highest BCUT2D eigenvalue weighted by molar-refractivity contribution is 5.37. The number of benzene rings is 1. The van der Waals surface area contributed by atoms with Crippen molar-refractivity contribution in [3.63, 3.8) is 0 Å². The molecule has 4 heteroatoms. The Balaban J connectivity index is 1.97. The molecule has 0 aliphatic heterocycles. The van der Waals surface area contributed by atoms with Gasteiger partial charge in [-0.3, -0.25) is 0 Å². The minimum absolute atomic E-state index is 0.737. The van der Waals surface area contributed by atoms with Crippen LogP contribution >= 0.6 is 0 Å². The van der Waals surface area contributed by atoms with E-state index in [2.05, 4.69) is 47.4 Å². The summed E-state index contributed by atoms with van der Waals surface area (Å²) in [5.74, 6) is 0.939. The van der Waals surface area contributed by atoms with Crippen LogP contribution in [0.25, 0.3) is 0 Å². The number of aryl methyl sites for hydroxylation is 1. The molecule has 21 heavy (non-hydrogen) atoms. The van der Waals surface area contributed by atoms with Gasteiger partial charge in [-0.2, -0.15) is 0 Å². The lowest BCUT2D eigenvalue weighted by Gasteiger charge is -2.10. The van der Waals surface area contributed by atoms with Crippen molar-refractivity contribution in [2.45, 2.75) is 20.0 Å². The van der Waals surface area contributed by atoms with E-state index in [4.69, 9.17) is 9.47 Å². The van der Waals surface area contributed by atoms with E-state index in [-0.39, 0.29) is 0 Å². The van der Waals surface area contributed by atoms with E-state index in [0.717, 1.165) is 32.0 Å². The van der Waals surface area contributed by atoms with Crippen molar-refractivity contribution in [3.8, 4) is 5.75 Å². The van der Waals surface area contributed by atoms with Gasteiger partial charge in [-0.1, -0.05) is 17.7 Å². The normalized spacial score (nSPS) is 10.8. The van der Waals surface area contributed by atoms with Crippen LogP contribution in [0.15, 0.2) is 36.7 Å². The van der Waals surface area contributed by atoms with Gasteiger partial charge in [0.2, 0.25) is 0 Å². The Morgan fingerprint density at radius 1 is 1.19 bits per heavy atom. The minimum Gasteiger partial charge on any atom is -0.496 e. The van der Waals surface area contributed by atoms with Gasteiger partial charge in [0.25, 0.3) is 0 Å². The zero-order valence-electron chi connectivity index (χ0n) is 13.1. The van der Waals surface area contributed by atoms with Gasteiger partial charge in [-0.25, -0.2) is 0 Å². The zero-order chi connectivity index (χ0) is 15.1. The van der Waals surface area contributed by atoms with Gasteiger partial charge >= 0.3 is 0 Å². The third-order valence-corrected chi connectivity index (χ3v) is 3.41. The molecule has 2 rings (SSSR count). The molecule has 1 heterocycles. The second-order valence-electron chi connectivity index (χ2n) is 5.18. The van der Waals surface area contributed by atoms with Crippen LogP contribution in [0.3, 0.4) is 0 Å². The smallest absolute Gasteiger partial charge is 0.123 e. The average Bonchev–Trinajstić information content (AvgIpc) is 2.91. The summed E-state index contributed by atoms with van der Waals surface area (Å²) in [5, 5.41) is 3.35. The maximum atomic E-state index is 5.43. The van der Waals surface area contributed by atoms with Crippen LogP contribution in [0, 0.1) is 6.92 Å². The molecular weight excluding hydrogens is 264 g/mol. The Morgan fingerprint density at radius 3 is 2.81 bits per heavy atom. The molecule has 0 bridgehead atoms. The predicted octanol–water partition coefficient (Wildman–Crippen LogP) is 2.59. The number of nitrogens with zero attached hydrogens (tertiary/aromatic N) is 1. The summed E-state index contributed by atoms with van der Waals surface area (Å²) in [6.07, 6.45) is 4.27. The maximum absolute atomic E-state index is 5.43. The summed E-state index contributed by atoms with van der Waals surface area (Å²) in [4.78, 5) is 0. The van der Waals surface area contributed by atoms with E-state index in [1.54, 1.807) is 14.2 Å². The molecule has 0 unspecified atom stereocenters. The topological polar surface area (TPSA) is 35.4 Å². The van der Waals surface area contributed by atoms with Gasteiger partial charge in [-0.05, 0) is 24.6 Å². The largest absolute Gasteiger partial charge is 0.496 e. The van der Waals surface area contributed by atoms with Crippen LogP contribution < -0.4 is 10.1 Å². The molecule has 1 aromatic carbocycles. The van der Waals surface area contributed by atoms with Crippen molar-refractivity contribution in [2.75, 3.05) is 27.4 Å². The molecule has 1 N–H and O–H groups in total. The SMILES string of the molecule is COCCNCc1ccn(Cc2cc(C)ccc2OC)c1. The minimum atomic E-state index is 0.737. The molecule has 0 amide bonds. The molecule has 0 aliphatic carbocycles. The van der Waals surface area contributed by atoms with Crippen molar-refractivity contribution in [1.29, 1.82) is 0 Å². The average molecular weight is 288 g/mol. The number of rotatable bonds is 8. The Kier molecular flexibility index (Phi) is 5.84. The quantitative estimate of drug-likeness (QED) is 0.758. The summed E-state index contributed by atoms with van der Waals surface area (Å²) >= 11 is 0. The highest BCUT2D eigenvalue weighted by Crippen LogP contribution is 2.21. The number of nitrogens with one attached hydrogen (secondary N) is 1. The molecule has 0 aliphatic rings. The summed E-state index contributed by atoms with van der Waals surface area (Å²) in [7, 11) is 3.43. The first-order valence-electron chi connectivity index (χ1n) is 7.20. The van der Waals surface area contributed by atoms with Crippen molar-refractivity contribution in [3.05, 3.63) is 53.3 Å². The second kappa shape index (κ2) is 7.86. The standard InChI is InChI=1S/C17H24N2O2/c1-14-4-5-17(21-3)16(10-14)13-19-8-6-15(12-19)11-18-7-9-20-2/h4-6,8,10,12,18H,7,9,11,13H2,1-3H3. The van der Waals surface area contributed by atoms with Crippen molar-refractivity contribution in [2.24, 2.45) is 0 Å². The Labute approximate surface area is 126 Å². The molecule has 2 aromatic rings. The molecular formula is C17H24N2O2. The maximum Gasteiger partial charge on any atom is 0.123 e. The van der Waals surface area contributed by atoms with Crippen LogP contribution in [0.2, 0.25) is 0 Å². The Bertz CT molecular complexity index is 564. The highest BCUT2D eigenvalue weighted by atomic mass is 16.5. The van der Waals surface area contributed by atoms with Crippen molar-refractivity contribution >= 4 is 0 Å².